The van der Waals surface area contributed by atoms with E-state index < -0.39 is 18.5 Å². The molecule has 0 unspecified atom stereocenters. The minimum Gasteiger partial charge on any atom is -0.472 e. The number of hydrogen-bond acceptors (Lipinski definition) is 4. The van der Waals surface area contributed by atoms with Crippen molar-refractivity contribution in [2.24, 2.45) is 0 Å². The molecule has 1 aliphatic rings. The van der Waals surface area contributed by atoms with Crippen molar-refractivity contribution in [2.75, 3.05) is 32.7 Å². The highest BCUT2D eigenvalue weighted by Gasteiger charge is 2.34. The summed E-state index contributed by atoms with van der Waals surface area (Å²) in [6.45, 7) is 0.635. The van der Waals surface area contributed by atoms with Crippen LogP contribution in [0.4, 0.5) is 13.2 Å². The molecule has 3 amide bonds. The van der Waals surface area contributed by atoms with Crippen molar-refractivity contribution in [1.82, 2.24) is 15.1 Å². The molecule has 2 heterocycles. The van der Waals surface area contributed by atoms with Crippen LogP contribution in [0.15, 0.2) is 23.0 Å². The third-order valence-corrected chi connectivity index (χ3v) is 3.74. The van der Waals surface area contributed by atoms with E-state index in [1.165, 1.54) is 23.5 Å². The van der Waals surface area contributed by atoms with Gasteiger partial charge in [0.15, 0.2) is 0 Å². The lowest BCUT2D eigenvalue weighted by molar-refractivity contribution is -0.163. The highest BCUT2D eigenvalue weighted by molar-refractivity contribution is 5.94. The Morgan fingerprint density at radius 3 is 2.20 bits per heavy atom. The van der Waals surface area contributed by atoms with Gasteiger partial charge in [-0.15, -0.1) is 0 Å². The van der Waals surface area contributed by atoms with E-state index in [1.807, 2.05) is 0 Å². The van der Waals surface area contributed by atoms with E-state index in [0.29, 0.717) is 5.56 Å². The molecule has 7 nitrogen and oxygen atoms in total. The van der Waals surface area contributed by atoms with Gasteiger partial charge in [-0.1, -0.05) is 0 Å². The van der Waals surface area contributed by atoms with Crippen LogP contribution in [0.1, 0.15) is 23.2 Å². The Bertz CT molecular complexity index is 608. The lowest BCUT2D eigenvalue weighted by atomic mass is 10.2. The summed E-state index contributed by atoms with van der Waals surface area (Å²) in [5, 5.41) is 2.57. The summed E-state index contributed by atoms with van der Waals surface area (Å²) >= 11 is 0. The normalized spacial score (nSPS) is 15.2. The average Bonchev–Trinajstić information content (AvgIpc) is 3.07. The summed E-state index contributed by atoms with van der Waals surface area (Å²) in [5.74, 6) is -1.56. The molecule has 2 rings (SSSR count). The largest absolute Gasteiger partial charge is 0.472 e. The third kappa shape index (κ3) is 5.80. The molecule has 1 aliphatic heterocycles. The van der Waals surface area contributed by atoms with Gasteiger partial charge in [-0.3, -0.25) is 14.4 Å². The standard InChI is InChI=1S/C15H18F3N3O4/c16-15(17,18)9-13(23)21-6-4-20(5-7-21)12(22)1-3-19-14(24)11-2-8-25-10-11/h2,8,10H,1,3-7,9H2,(H,19,24). The van der Waals surface area contributed by atoms with Crippen molar-refractivity contribution >= 4 is 17.7 Å². The van der Waals surface area contributed by atoms with Crippen LogP contribution < -0.4 is 5.32 Å². The van der Waals surface area contributed by atoms with E-state index in [4.69, 9.17) is 4.42 Å². The maximum absolute atomic E-state index is 12.2. The molecule has 0 atom stereocenters. The van der Waals surface area contributed by atoms with Crippen LogP contribution in [-0.2, 0) is 9.59 Å². The van der Waals surface area contributed by atoms with Crippen LogP contribution in [0.5, 0.6) is 0 Å². The average molecular weight is 361 g/mol. The molecule has 0 spiro atoms. The number of carbonyl (C=O) groups is 3. The number of nitrogens with zero attached hydrogens (tertiary/aromatic N) is 2. The number of halogens is 3. The van der Waals surface area contributed by atoms with E-state index in [-0.39, 0.29) is 51.0 Å². The Kier molecular flexibility index (Phi) is 6.05. The zero-order chi connectivity index (χ0) is 18.4. The summed E-state index contributed by atoms with van der Waals surface area (Å²) in [5.41, 5.74) is 0.351. The van der Waals surface area contributed by atoms with Gasteiger partial charge in [0.25, 0.3) is 5.91 Å². The summed E-state index contributed by atoms with van der Waals surface area (Å²) in [4.78, 5) is 37.8. The SMILES string of the molecule is O=C(NCCC(=O)N1CCN(C(=O)CC(F)(F)F)CC1)c1ccoc1. The van der Waals surface area contributed by atoms with E-state index in [9.17, 15) is 27.6 Å². The van der Waals surface area contributed by atoms with Crippen LogP contribution in [0.3, 0.4) is 0 Å². The number of piperazine rings is 1. The van der Waals surface area contributed by atoms with Crippen molar-refractivity contribution in [2.45, 2.75) is 19.0 Å². The van der Waals surface area contributed by atoms with Crippen LogP contribution >= 0.6 is 0 Å². The summed E-state index contributed by atoms with van der Waals surface area (Å²) in [6, 6.07) is 1.49. The third-order valence-electron chi connectivity index (χ3n) is 3.74. The molecular formula is C15H18F3N3O4. The second-order valence-corrected chi connectivity index (χ2v) is 5.57. The zero-order valence-corrected chi connectivity index (χ0v) is 13.3. The van der Waals surface area contributed by atoms with Gasteiger partial charge in [-0.2, -0.15) is 13.2 Å². The minimum atomic E-state index is -4.53. The smallest absolute Gasteiger partial charge is 0.397 e. The molecule has 1 N–H and O–H groups in total. The lowest BCUT2D eigenvalue weighted by Gasteiger charge is -2.35. The van der Waals surface area contributed by atoms with Crippen LogP contribution in [0.2, 0.25) is 0 Å². The highest BCUT2D eigenvalue weighted by atomic mass is 19.4. The van der Waals surface area contributed by atoms with E-state index >= 15 is 0 Å². The molecule has 1 aromatic rings. The van der Waals surface area contributed by atoms with Gasteiger partial charge in [-0.25, -0.2) is 0 Å². The predicted octanol–water partition coefficient (Wildman–Crippen LogP) is 1.02. The van der Waals surface area contributed by atoms with Crippen LogP contribution in [0, 0.1) is 0 Å². The van der Waals surface area contributed by atoms with Crippen molar-refractivity contribution < 1.29 is 32.0 Å². The molecule has 0 radical (unpaired) electrons. The molecule has 1 fully saturated rings. The molecule has 1 aromatic heterocycles. The first-order valence-corrected chi connectivity index (χ1v) is 7.69. The quantitative estimate of drug-likeness (QED) is 0.849. The molecule has 0 aromatic carbocycles. The van der Waals surface area contributed by atoms with Crippen molar-refractivity contribution in [1.29, 1.82) is 0 Å². The Morgan fingerprint density at radius 1 is 1.08 bits per heavy atom. The second kappa shape index (κ2) is 8.04. The molecule has 10 heteroatoms. The maximum atomic E-state index is 12.2. The molecule has 1 saturated heterocycles. The first kappa shape index (κ1) is 18.8. The van der Waals surface area contributed by atoms with Crippen molar-refractivity contribution in [3.8, 4) is 0 Å². The minimum absolute atomic E-state index is 0.0695. The molecule has 138 valence electrons. The Balaban J connectivity index is 1.69. The topological polar surface area (TPSA) is 82.9 Å². The van der Waals surface area contributed by atoms with E-state index in [1.54, 1.807) is 0 Å². The van der Waals surface area contributed by atoms with Gasteiger partial charge in [0.1, 0.15) is 12.7 Å². The van der Waals surface area contributed by atoms with Gasteiger partial charge < -0.3 is 19.5 Å². The fraction of sp³-hybridized carbons (Fsp3) is 0.533. The number of furan rings is 1. The first-order chi connectivity index (χ1) is 11.8. The number of nitrogens with one attached hydrogen (secondary N) is 1. The Labute approximate surface area is 141 Å². The monoisotopic (exact) mass is 361 g/mol. The zero-order valence-electron chi connectivity index (χ0n) is 13.3. The molecule has 25 heavy (non-hydrogen) atoms. The van der Waals surface area contributed by atoms with Gasteiger partial charge in [0.2, 0.25) is 11.8 Å². The lowest BCUT2D eigenvalue weighted by Crippen LogP contribution is -2.51. The molecule has 0 bridgehead atoms. The van der Waals surface area contributed by atoms with E-state index in [0.717, 1.165) is 4.90 Å². The number of rotatable bonds is 5. The number of hydrogen-bond donors (Lipinski definition) is 1. The second-order valence-electron chi connectivity index (χ2n) is 5.57. The van der Waals surface area contributed by atoms with Gasteiger partial charge in [-0.05, 0) is 6.07 Å². The fourth-order valence-corrected chi connectivity index (χ4v) is 2.43. The molecule has 0 aliphatic carbocycles. The number of amides is 3. The highest BCUT2D eigenvalue weighted by Crippen LogP contribution is 2.21. The molecular weight excluding hydrogens is 343 g/mol. The predicted molar refractivity (Wildman–Crippen MR) is 79.5 cm³/mol. The fourth-order valence-electron chi connectivity index (χ4n) is 2.43. The maximum Gasteiger partial charge on any atom is 0.397 e. The van der Waals surface area contributed by atoms with Crippen molar-refractivity contribution in [3.63, 3.8) is 0 Å². The van der Waals surface area contributed by atoms with Crippen LogP contribution in [0.25, 0.3) is 0 Å². The summed E-state index contributed by atoms with van der Waals surface area (Å²) < 4.78 is 41.4. The van der Waals surface area contributed by atoms with Crippen molar-refractivity contribution in [3.05, 3.63) is 24.2 Å². The van der Waals surface area contributed by atoms with Gasteiger partial charge >= 0.3 is 6.18 Å². The summed E-state index contributed by atoms with van der Waals surface area (Å²) in [7, 11) is 0. The number of alkyl halides is 3. The van der Waals surface area contributed by atoms with Crippen LogP contribution in [-0.4, -0.2) is 66.4 Å². The Morgan fingerprint density at radius 2 is 1.68 bits per heavy atom. The molecule has 0 saturated carbocycles. The Hall–Kier alpha value is -2.52. The summed E-state index contributed by atoms with van der Waals surface area (Å²) in [6.07, 6.45) is -3.30. The van der Waals surface area contributed by atoms with Gasteiger partial charge in [0, 0.05) is 39.1 Å². The number of carbonyl (C=O) groups excluding carboxylic acids is 3. The van der Waals surface area contributed by atoms with E-state index in [2.05, 4.69) is 5.32 Å². The van der Waals surface area contributed by atoms with Gasteiger partial charge in [0.05, 0.1) is 11.8 Å². The first-order valence-electron chi connectivity index (χ1n) is 7.69.